The van der Waals surface area contributed by atoms with Crippen molar-refractivity contribution in [3.05, 3.63) is 66.1 Å². The van der Waals surface area contributed by atoms with Crippen LogP contribution in [0.15, 0.2) is 59.7 Å². The first-order valence-electron chi connectivity index (χ1n) is 11.2. The van der Waals surface area contributed by atoms with Crippen molar-refractivity contribution in [2.24, 2.45) is 4.99 Å². The van der Waals surface area contributed by atoms with Crippen LogP contribution in [0, 0.1) is 0 Å². The molecule has 6 heteroatoms. The van der Waals surface area contributed by atoms with Crippen LogP contribution in [0.2, 0.25) is 0 Å². The van der Waals surface area contributed by atoms with E-state index >= 15 is 0 Å². The first-order valence-corrected chi connectivity index (χ1v) is 11.2. The van der Waals surface area contributed by atoms with Crippen molar-refractivity contribution < 1.29 is 0 Å². The maximum atomic E-state index is 4.74. The van der Waals surface area contributed by atoms with Crippen molar-refractivity contribution in [3.63, 3.8) is 0 Å². The normalized spacial score (nSPS) is 21.7. The van der Waals surface area contributed by atoms with E-state index in [4.69, 9.17) is 4.99 Å². The molecule has 3 aromatic rings. The van der Waals surface area contributed by atoms with Gasteiger partial charge in [0, 0.05) is 0 Å². The molecule has 1 saturated heterocycles. The summed E-state index contributed by atoms with van der Waals surface area (Å²) in [6.07, 6.45) is 4.32. The number of aromatic amines is 1. The number of rotatable bonds is 6. The molecule has 0 amide bonds. The predicted molar refractivity (Wildman–Crippen MR) is 126 cm³/mol. The minimum atomic E-state index is 0.205. The van der Waals surface area contributed by atoms with Crippen LogP contribution in [0.3, 0.4) is 0 Å². The molecule has 0 bridgehead atoms. The third-order valence-electron chi connectivity index (χ3n) is 6.44. The van der Waals surface area contributed by atoms with Crippen LogP contribution in [0.1, 0.15) is 43.2 Å². The summed E-state index contributed by atoms with van der Waals surface area (Å²) in [4.78, 5) is 12.6. The van der Waals surface area contributed by atoms with Gasteiger partial charge in [-0.3, -0.25) is 4.99 Å². The summed E-state index contributed by atoms with van der Waals surface area (Å²) in [6, 6.07) is 18.4. The van der Waals surface area contributed by atoms with E-state index in [0.29, 0.717) is 6.04 Å². The molecule has 0 aliphatic carbocycles. The molecule has 1 fully saturated rings. The van der Waals surface area contributed by atoms with Gasteiger partial charge in [0.15, 0.2) is 0 Å². The molecule has 2 aliphatic rings. The van der Waals surface area contributed by atoms with Gasteiger partial charge in [0.1, 0.15) is 11.7 Å². The summed E-state index contributed by atoms with van der Waals surface area (Å²) >= 11 is 0. The number of H-pyrrole nitrogens is 1. The smallest absolute Gasteiger partial charge is 0.123 e. The van der Waals surface area contributed by atoms with Gasteiger partial charge in [-0.05, 0) is 55.6 Å². The number of nitrogens with one attached hydrogen (secondary N) is 4. The van der Waals surface area contributed by atoms with E-state index in [0.717, 1.165) is 36.0 Å². The molecule has 31 heavy (non-hydrogen) atoms. The zero-order valence-corrected chi connectivity index (χ0v) is 18.2. The van der Waals surface area contributed by atoms with E-state index in [-0.39, 0.29) is 12.1 Å². The zero-order chi connectivity index (χ0) is 21.2. The zero-order valence-electron chi connectivity index (χ0n) is 18.2. The molecule has 3 atom stereocenters. The van der Waals surface area contributed by atoms with Crippen LogP contribution >= 0.6 is 0 Å². The van der Waals surface area contributed by atoms with Crippen LogP contribution in [-0.4, -0.2) is 42.0 Å². The Kier molecular flexibility index (Phi) is 5.57. The summed E-state index contributed by atoms with van der Waals surface area (Å²) in [5, 5.41) is 10.4. The average molecular weight is 415 g/mol. The number of amidine groups is 1. The Morgan fingerprint density at radius 3 is 2.35 bits per heavy atom. The van der Waals surface area contributed by atoms with Crippen LogP contribution in [0.25, 0.3) is 22.4 Å². The summed E-state index contributed by atoms with van der Waals surface area (Å²) in [5.74, 6) is 2.08. The van der Waals surface area contributed by atoms with Crippen LogP contribution in [-0.2, 0) is 0 Å². The number of hydrogen-bond acceptors (Lipinski definition) is 5. The molecular weight excluding hydrogens is 384 g/mol. The summed E-state index contributed by atoms with van der Waals surface area (Å²) in [7, 11) is 1.94. The van der Waals surface area contributed by atoms with E-state index < -0.39 is 0 Å². The van der Waals surface area contributed by atoms with Gasteiger partial charge in [0.25, 0.3) is 0 Å². The molecule has 6 nitrogen and oxygen atoms in total. The van der Waals surface area contributed by atoms with Gasteiger partial charge < -0.3 is 20.9 Å². The monoisotopic (exact) mass is 414 g/mol. The highest BCUT2D eigenvalue weighted by Crippen LogP contribution is 2.27. The molecule has 5 rings (SSSR count). The largest absolute Gasteiger partial charge is 0.364 e. The Balaban J connectivity index is 1.25. The summed E-state index contributed by atoms with van der Waals surface area (Å²) in [6.45, 7) is 4.01. The molecule has 4 N–H and O–H groups in total. The maximum Gasteiger partial charge on any atom is 0.123 e. The van der Waals surface area contributed by atoms with Crippen molar-refractivity contribution in [3.8, 4) is 22.4 Å². The molecular formula is C25H30N6. The second kappa shape index (κ2) is 8.65. The SMILES string of the molecule is CN[C@@H](C)c1ncc(-c2ccc(-c3ccc(C4CN=C([C@@H]5CCCN5)N4)cc3)cc2)[nH]1. The Morgan fingerprint density at radius 1 is 0.968 bits per heavy atom. The molecule has 2 aromatic carbocycles. The highest BCUT2D eigenvalue weighted by atomic mass is 15.2. The predicted octanol–water partition coefficient (Wildman–Crippen LogP) is 3.82. The van der Waals surface area contributed by atoms with Crippen molar-refractivity contribution in [2.45, 2.75) is 37.9 Å². The van der Waals surface area contributed by atoms with Gasteiger partial charge in [0.05, 0.1) is 36.6 Å². The first-order chi connectivity index (χ1) is 15.2. The van der Waals surface area contributed by atoms with E-state index in [2.05, 4.69) is 81.4 Å². The fourth-order valence-corrected chi connectivity index (χ4v) is 4.37. The molecule has 3 heterocycles. The minimum absolute atomic E-state index is 0.205. The standard InChI is InChI=1S/C25H30N6/c1-16(26-2)24-28-14-22(30-24)19-9-5-17(6-10-19)18-7-11-20(12-8-18)23-15-29-25(31-23)21-4-3-13-27-21/h5-12,14,16,21,23,26-27H,3-4,13,15H2,1-2H3,(H,28,30)(H,29,31)/t16-,21-,23?/m0/s1. The van der Waals surface area contributed by atoms with Gasteiger partial charge in [-0.15, -0.1) is 0 Å². The van der Waals surface area contributed by atoms with Crippen molar-refractivity contribution in [1.82, 2.24) is 25.9 Å². The lowest BCUT2D eigenvalue weighted by Gasteiger charge is -2.16. The van der Waals surface area contributed by atoms with Gasteiger partial charge in [-0.1, -0.05) is 48.5 Å². The molecule has 2 aliphatic heterocycles. The van der Waals surface area contributed by atoms with Gasteiger partial charge in [-0.2, -0.15) is 0 Å². The van der Waals surface area contributed by atoms with Crippen molar-refractivity contribution >= 4 is 5.84 Å². The van der Waals surface area contributed by atoms with Gasteiger partial charge in [0.2, 0.25) is 0 Å². The highest BCUT2D eigenvalue weighted by Gasteiger charge is 2.27. The Morgan fingerprint density at radius 2 is 1.68 bits per heavy atom. The molecule has 1 aromatic heterocycles. The van der Waals surface area contributed by atoms with Gasteiger partial charge >= 0.3 is 0 Å². The number of hydrogen-bond donors (Lipinski definition) is 4. The van der Waals surface area contributed by atoms with E-state index in [1.165, 1.54) is 29.5 Å². The number of aliphatic imine (C=N–C) groups is 1. The molecule has 0 radical (unpaired) electrons. The Hall–Kier alpha value is -2.96. The lowest BCUT2D eigenvalue weighted by atomic mass is 9.99. The van der Waals surface area contributed by atoms with Crippen molar-refractivity contribution in [2.75, 3.05) is 20.1 Å². The third kappa shape index (κ3) is 4.13. The lowest BCUT2D eigenvalue weighted by Crippen LogP contribution is -2.38. The first kappa shape index (κ1) is 20.0. The topological polar surface area (TPSA) is 77.1 Å². The molecule has 1 unspecified atom stereocenters. The molecule has 160 valence electrons. The average Bonchev–Trinajstić information content (AvgIpc) is 3.60. The number of nitrogens with zero attached hydrogens (tertiary/aromatic N) is 2. The number of benzene rings is 2. The quantitative estimate of drug-likeness (QED) is 0.495. The Labute approximate surface area is 183 Å². The summed E-state index contributed by atoms with van der Waals surface area (Å²) < 4.78 is 0. The second-order valence-electron chi connectivity index (χ2n) is 8.46. The fourth-order valence-electron chi connectivity index (χ4n) is 4.37. The Bertz CT molecular complexity index is 1040. The van der Waals surface area contributed by atoms with Crippen LogP contribution < -0.4 is 16.0 Å². The van der Waals surface area contributed by atoms with E-state index in [1.54, 1.807) is 0 Å². The second-order valence-corrected chi connectivity index (χ2v) is 8.46. The fraction of sp³-hybridized carbons (Fsp3) is 0.360. The number of imidazole rings is 1. The minimum Gasteiger partial charge on any atom is -0.364 e. The van der Waals surface area contributed by atoms with E-state index in [1.807, 2.05) is 13.2 Å². The van der Waals surface area contributed by atoms with Crippen molar-refractivity contribution in [1.29, 1.82) is 0 Å². The van der Waals surface area contributed by atoms with Gasteiger partial charge in [-0.25, -0.2) is 4.98 Å². The summed E-state index contributed by atoms with van der Waals surface area (Å²) in [5.41, 5.74) is 5.91. The maximum absolute atomic E-state index is 4.74. The molecule has 0 spiro atoms. The third-order valence-corrected chi connectivity index (χ3v) is 6.44. The highest BCUT2D eigenvalue weighted by molar-refractivity contribution is 5.89. The van der Waals surface area contributed by atoms with E-state index in [9.17, 15) is 0 Å². The van der Waals surface area contributed by atoms with Crippen LogP contribution in [0.4, 0.5) is 0 Å². The lowest BCUT2D eigenvalue weighted by molar-refractivity contribution is 0.618. The molecule has 0 saturated carbocycles. The number of aromatic nitrogens is 2. The van der Waals surface area contributed by atoms with Crippen LogP contribution in [0.5, 0.6) is 0 Å².